The van der Waals surface area contributed by atoms with E-state index in [1.54, 1.807) is 15.4 Å². The van der Waals surface area contributed by atoms with Gasteiger partial charge in [0.15, 0.2) is 0 Å². The highest BCUT2D eigenvalue weighted by Crippen LogP contribution is 2.36. The molecule has 0 saturated heterocycles. The topological polar surface area (TPSA) is 48.5 Å². The summed E-state index contributed by atoms with van der Waals surface area (Å²) < 4.78 is 16.8. The number of benzene rings is 2. The van der Waals surface area contributed by atoms with Crippen molar-refractivity contribution in [1.82, 2.24) is 24.5 Å². The first-order valence-electron chi connectivity index (χ1n) is 8.34. The zero-order valence-electron chi connectivity index (χ0n) is 14.3. The number of aryl methyl sites for hydroxylation is 1. The average molecular weight is 378 g/mol. The number of aromatic nitrogens is 5. The Morgan fingerprint density at radius 1 is 0.963 bits per heavy atom. The lowest BCUT2D eigenvalue weighted by Crippen LogP contribution is -1.98. The summed E-state index contributed by atoms with van der Waals surface area (Å²) in [7, 11) is 1.89. The van der Waals surface area contributed by atoms with Crippen LogP contribution < -0.4 is 0 Å². The van der Waals surface area contributed by atoms with Crippen LogP contribution in [0.25, 0.3) is 38.8 Å². The first kappa shape index (κ1) is 16.0. The predicted octanol–water partition coefficient (Wildman–Crippen LogP) is 4.77. The van der Waals surface area contributed by atoms with Crippen LogP contribution in [-0.4, -0.2) is 24.5 Å². The number of para-hydroxylation sites is 1. The van der Waals surface area contributed by atoms with Gasteiger partial charge in [-0.25, -0.2) is 9.67 Å². The molecule has 0 aliphatic carbocycles. The van der Waals surface area contributed by atoms with Crippen molar-refractivity contribution >= 4 is 33.4 Å². The minimum Gasteiger partial charge on any atom is -0.275 e. The zero-order chi connectivity index (χ0) is 18.5. The third-order valence-corrected chi connectivity index (χ3v) is 4.83. The molecule has 0 aliphatic rings. The Labute approximate surface area is 158 Å². The smallest absolute Gasteiger partial charge is 0.212 e. The molecule has 132 valence electrons. The van der Waals surface area contributed by atoms with Gasteiger partial charge in [-0.15, -0.1) is 0 Å². The SMILES string of the molecule is Cn1cc2c(-c3nn(-c4ccc(F)nc4)c4c(Cl)cccc34)cccc2n1. The van der Waals surface area contributed by atoms with Gasteiger partial charge in [-0.1, -0.05) is 35.9 Å². The molecule has 0 unspecified atom stereocenters. The molecule has 0 fully saturated rings. The molecule has 5 aromatic rings. The molecule has 0 spiro atoms. The Morgan fingerprint density at radius 2 is 1.81 bits per heavy atom. The normalized spacial score (nSPS) is 11.5. The molecule has 27 heavy (non-hydrogen) atoms. The Bertz CT molecular complexity index is 1300. The van der Waals surface area contributed by atoms with E-state index in [2.05, 4.69) is 10.1 Å². The van der Waals surface area contributed by atoms with Gasteiger partial charge in [0.1, 0.15) is 5.69 Å². The standard InChI is InChI=1S/C20H13ClFN5/c1-26-11-15-13(4-3-7-17(15)24-26)19-14-5-2-6-16(21)20(14)27(25-19)12-8-9-18(22)23-10-12/h2-11H,1H3. The first-order valence-corrected chi connectivity index (χ1v) is 8.71. The lowest BCUT2D eigenvalue weighted by atomic mass is 10.0. The molecule has 0 radical (unpaired) electrons. The maximum atomic E-state index is 13.3. The van der Waals surface area contributed by atoms with E-state index >= 15 is 0 Å². The summed E-state index contributed by atoms with van der Waals surface area (Å²) in [5, 5.41) is 11.8. The van der Waals surface area contributed by atoms with Crippen LogP contribution in [0.15, 0.2) is 60.9 Å². The van der Waals surface area contributed by atoms with Crippen LogP contribution in [0.5, 0.6) is 0 Å². The quantitative estimate of drug-likeness (QED) is 0.416. The molecule has 2 aromatic carbocycles. The van der Waals surface area contributed by atoms with Crippen molar-refractivity contribution in [3.05, 3.63) is 71.9 Å². The van der Waals surface area contributed by atoms with E-state index in [9.17, 15) is 4.39 Å². The Morgan fingerprint density at radius 3 is 2.63 bits per heavy atom. The molecule has 7 heteroatoms. The number of hydrogen-bond acceptors (Lipinski definition) is 3. The molecule has 3 aromatic heterocycles. The number of rotatable bonds is 2. The highest BCUT2D eigenvalue weighted by atomic mass is 35.5. The number of nitrogens with zero attached hydrogens (tertiary/aromatic N) is 5. The fourth-order valence-electron chi connectivity index (χ4n) is 3.37. The summed E-state index contributed by atoms with van der Waals surface area (Å²) in [4.78, 5) is 3.74. The van der Waals surface area contributed by atoms with Gasteiger partial charge in [-0.05, 0) is 24.3 Å². The molecule has 0 saturated carbocycles. The van der Waals surface area contributed by atoms with Crippen LogP contribution in [0, 0.1) is 5.95 Å². The Balaban J connectivity index is 1.86. The second-order valence-electron chi connectivity index (χ2n) is 6.28. The number of fused-ring (bicyclic) bond motifs is 2. The summed E-state index contributed by atoms with van der Waals surface area (Å²) in [5.41, 5.74) is 4.03. The van der Waals surface area contributed by atoms with Gasteiger partial charge in [0.2, 0.25) is 5.95 Å². The molecule has 0 aliphatic heterocycles. The van der Waals surface area contributed by atoms with Gasteiger partial charge in [-0.3, -0.25) is 4.68 Å². The third-order valence-electron chi connectivity index (χ3n) is 4.53. The third kappa shape index (κ3) is 2.49. The summed E-state index contributed by atoms with van der Waals surface area (Å²) in [6.07, 6.45) is 3.42. The molecular weight excluding hydrogens is 365 g/mol. The monoisotopic (exact) mass is 377 g/mol. The Kier molecular flexibility index (Phi) is 3.48. The maximum absolute atomic E-state index is 13.3. The maximum Gasteiger partial charge on any atom is 0.212 e. The molecular formula is C20H13ClFN5. The van der Waals surface area contributed by atoms with Crippen molar-refractivity contribution in [2.45, 2.75) is 0 Å². The van der Waals surface area contributed by atoms with Crippen LogP contribution >= 0.6 is 11.6 Å². The van der Waals surface area contributed by atoms with E-state index in [0.29, 0.717) is 10.7 Å². The highest BCUT2D eigenvalue weighted by molar-refractivity contribution is 6.35. The van der Waals surface area contributed by atoms with Crippen molar-refractivity contribution in [3.63, 3.8) is 0 Å². The molecule has 3 heterocycles. The molecule has 0 N–H and O–H groups in total. The van der Waals surface area contributed by atoms with Gasteiger partial charge in [-0.2, -0.15) is 14.6 Å². The minimum atomic E-state index is -0.540. The van der Waals surface area contributed by atoms with Crippen molar-refractivity contribution in [2.24, 2.45) is 7.05 Å². The lowest BCUT2D eigenvalue weighted by molar-refractivity contribution is 0.582. The van der Waals surface area contributed by atoms with Crippen molar-refractivity contribution < 1.29 is 4.39 Å². The van der Waals surface area contributed by atoms with E-state index in [1.165, 1.54) is 12.3 Å². The lowest BCUT2D eigenvalue weighted by Gasteiger charge is -2.03. The largest absolute Gasteiger partial charge is 0.275 e. The van der Waals surface area contributed by atoms with E-state index in [4.69, 9.17) is 16.7 Å². The van der Waals surface area contributed by atoms with Gasteiger partial charge in [0, 0.05) is 29.6 Å². The number of pyridine rings is 1. The molecule has 5 nitrogen and oxygen atoms in total. The summed E-state index contributed by atoms with van der Waals surface area (Å²) in [5.74, 6) is -0.540. The van der Waals surface area contributed by atoms with Crippen molar-refractivity contribution in [2.75, 3.05) is 0 Å². The number of hydrogen-bond donors (Lipinski definition) is 0. The Hall–Kier alpha value is -3.25. The molecule has 0 bridgehead atoms. The summed E-state index contributed by atoms with van der Waals surface area (Å²) >= 11 is 6.49. The molecule has 0 amide bonds. The van der Waals surface area contributed by atoms with Gasteiger partial charge in [0.25, 0.3) is 0 Å². The highest BCUT2D eigenvalue weighted by Gasteiger charge is 2.18. The van der Waals surface area contributed by atoms with E-state index in [-0.39, 0.29) is 0 Å². The minimum absolute atomic E-state index is 0.540. The van der Waals surface area contributed by atoms with E-state index in [1.807, 2.05) is 49.6 Å². The fourth-order valence-corrected chi connectivity index (χ4v) is 3.63. The summed E-state index contributed by atoms with van der Waals surface area (Å²) in [6.45, 7) is 0. The van der Waals surface area contributed by atoms with Crippen LogP contribution in [-0.2, 0) is 7.05 Å². The molecule has 5 rings (SSSR count). The van der Waals surface area contributed by atoms with Crippen LogP contribution in [0.4, 0.5) is 4.39 Å². The first-order chi connectivity index (χ1) is 13.1. The number of halogens is 2. The van der Waals surface area contributed by atoms with Crippen LogP contribution in [0.1, 0.15) is 0 Å². The van der Waals surface area contributed by atoms with Gasteiger partial charge < -0.3 is 0 Å². The zero-order valence-corrected chi connectivity index (χ0v) is 15.0. The predicted molar refractivity (Wildman–Crippen MR) is 104 cm³/mol. The van der Waals surface area contributed by atoms with Crippen LogP contribution in [0.3, 0.4) is 0 Å². The molecule has 0 atom stereocenters. The van der Waals surface area contributed by atoms with Gasteiger partial charge in [0.05, 0.1) is 27.9 Å². The van der Waals surface area contributed by atoms with Crippen molar-refractivity contribution in [1.29, 1.82) is 0 Å². The second kappa shape index (κ2) is 5.89. The fraction of sp³-hybridized carbons (Fsp3) is 0.0500. The second-order valence-corrected chi connectivity index (χ2v) is 6.68. The van der Waals surface area contributed by atoms with Crippen molar-refractivity contribution in [3.8, 4) is 16.9 Å². The van der Waals surface area contributed by atoms with Crippen LogP contribution in [0.2, 0.25) is 5.02 Å². The van der Waals surface area contributed by atoms with E-state index < -0.39 is 5.95 Å². The van der Waals surface area contributed by atoms with Gasteiger partial charge >= 0.3 is 0 Å². The summed E-state index contributed by atoms with van der Waals surface area (Å²) in [6, 6.07) is 14.6. The van der Waals surface area contributed by atoms with E-state index in [0.717, 1.165) is 33.1 Å². The average Bonchev–Trinajstić information content (AvgIpc) is 3.23.